The molecule has 27 heavy (non-hydrogen) atoms. The minimum absolute atomic E-state index is 0. The van der Waals surface area contributed by atoms with Crippen molar-refractivity contribution < 1.29 is 17.1 Å². The largest absolute Gasteiger partial charge is 2.00 e. The maximum atomic E-state index is 4.89. The SMILES string of the molecule is C1=CC(=C2C=Cc3cccc(-c4ccccc4)c3[N-]2)C=C1.[Fe+2].c1cc[cH-]c1. The Morgan fingerprint density at radius 3 is 2.07 bits per heavy atom. The second-order valence-corrected chi connectivity index (χ2v) is 6.08. The van der Waals surface area contributed by atoms with E-state index in [1.807, 2.05) is 48.6 Å². The smallest absolute Gasteiger partial charge is 0.656 e. The molecule has 1 heterocycles. The predicted molar refractivity (Wildman–Crippen MR) is 111 cm³/mol. The Hall–Kier alpha value is -2.93. The molecular weight excluding hydrogens is 370 g/mol. The van der Waals surface area contributed by atoms with Crippen molar-refractivity contribution in [3.05, 3.63) is 131 Å². The topological polar surface area (TPSA) is 14.1 Å². The molecule has 0 bridgehead atoms. The van der Waals surface area contributed by atoms with Crippen LogP contribution in [0.1, 0.15) is 5.56 Å². The fourth-order valence-corrected chi connectivity index (χ4v) is 3.02. The fraction of sp³-hybridized carbons (Fsp3) is 0. The Morgan fingerprint density at radius 2 is 1.41 bits per heavy atom. The molecule has 2 heteroatoms. The number of allylic oxidation sites excluding steroid dienone is 6. The van der Waals surface area contributed by atoms with E-state index in [-0.39, 0.29) is 17.1 Å². The molecule has 0 atom stereocenters. The number of hydrogen-bond acceptors (Lipinski definition) is 0. The predicted octanol–water partition coefficient (Wildman–Crippen LogP) is 7.17. The van der Waals surface area contributed by atoms with Crippen LogP contribution in [0.25, 0.3) is 22.5 Å². The summed E-state index contributed by atoms with van der Waals surface area (Å²) in [6.45, 7) is 0. The van der Waals surface area contributed by atoms with Crippen molar-refractivity contribution in [2.45, 2.75) is 0 Å². The number of para-hydroxylation sites is 1. The molecule has 1 aliphatic carbocycles. The molecule has 3 aromatic carbocycles. The first-order valence-electron chi connectivity index (χ1n) is 8.76. The van der Waals surface area contributed by atoms with Crippen molar-refractivity contribution in [1.29, 1.82) is 0 Å². The Morgan fingerprint density at radius 1 is 0.667 bits per heavy atom. The molecular formula is C25H19FeN. The first-order chi connectivity index (χ1) is 12.9. The summed E-state index contributed by atoms with van der Waals surface area (Å²) >= 11 is 0. The zero-order chi connectivity index (χ0) is 17.6. The van der Waals surface area contributed by atoms with E-state index < -0.39 is 0 Å². The molecule has 3 aromatic rings. The normalized spacial score (nSPS) is 13.3. The standard InChI is InChI=1S/C20H14N.C5H5.Fe/c1-2-7-15(8-3-1)18-12-6-11-17-13-14-19(21-20(17)18)16-9-4-5-10-16;1-2-4-5-3-1;/h1-14H;1-5H;/q2*-1;+2. The van der Waals surface area contributed by atoms with E-state index in [0.717, 1.165) is 11.4 Å². The van der Waals surface area contributed by atoms with Crippen molar-refractivity contribution in [1.82, 2.24) is 0 Å². The van der Waals surface area contributed by atoms with Gasteiger partial charge in [-0.15, -0.1) is 11.4 Å². The minimum atomic E-state index is 0. The van der Waals surface area contributed by atoms with Crippen LogP contribution in [0.2, 0.25) is 0 Å². The summed E-state index contributed by atoms with van der Waals surface area (Å²) in [7, 11) is 0. The molecule has 0 unspecified atom stereocenters. The number of rotatable bonds is 1. The van der Waals surface area contributed by atoms with Crippen molar-refractivity contribution in [2.75, 3.05) is 0 Å². The van der Waals surface area contributed by atoms with Gasteiger partial charge in [-0.1, -0.05) is 85.0 Å². The van der Waals surface area contributed by atoms with Gasteiger partial charge in [0.1, 0.15) is 0 Å². The van der Waals surface area contributed by atoms with Crippen LogP contribution < -0.4 is 0 Å². The van der Waals surface area contributed by atoms with Gasteiger partial charge in [0.2, 0.25) is 0 Å². The summed E-state index contributed by atoms with van der Waals surface area (Å²) in [5, 5.41) is 4.89. The molecule has 0 aromatic heterocycles. The molecule has 0 saturated carbocycles. The van der Waals surface area contributed by atoms with Crippen LogP contribution in [0, 0.1) is 0 Å². The van der Waals surface area contributed by atoms with Crippen molar-refractivity contribution in [3.63, 3.8) is 0 Å². The van der Waals surface area contributed by atoms with E-state index in [4.69, 9.17) is 5.32 Å². The van der Waals surface area contributed by atoms with Crippen molar-refractivity contribution in [2.24, 2.45) is 0 Å². The van der Waals surface area contributed by atoms with E-state index in [2.05, 4.69) is 66.8 Å². The Balaban J connectivity index is 0.000000306. The molecule has 132 valence electrons. The molecule has 1 nitrogen and oxygen atoms in total. The van der Waals surface area contributed by atoms with Crippen LogP contribution in [0.3, 0.4) is 0 Å². The average Bonchev–Trinajstić information content (AvgIpc) is 3.44. The van der Waals surface area contributed by atoms with Crippen LogP contribution >= 0.6 is 0 Å². The first kappa shape index (κ1) is 18.8. The van der Waals surface area contributed by atoms with E-state index in [9.17, 15) is 0 Å². The second kappa shape index (κ2) is 9.14. The molecule has 5 rings (SSSR count). The van der Waals surface area contributed by atoms with E-state index in [1.165, 1.54) is 22.3 Å². The number of hydrogen-bond donors (Lipinski definition) is 0. The molecule has 0 N–H and O–H groups in total. The van der Waals surface area contributed by atoms with Gasteiger partial charge < -0.3 is 5.32 Å². The Labute approximate surface area is 171 Å². The third-order valence-electron chi connectivity index (χ3n) is 4.32. The molecule has 0 saturated heterocycles. The summed E-state index contributed by atoms with van der Waals surface area (Å²) in [4.78, 5) is 0. The van der Waals surface area contributed by atoms with E-state index in [1.54, 1.807) is 0 Å². The summed E-state index contributed by atoms with van der Waals surface area (Å²) in [5.41, 5.74) is 6.81. The van der Waals surface area contributed by atoms with Gasteiger partial charge >= 0.3 is 17.1 Å². The maximum absolute atomic E-state index is 4.89. The number of nitrogens with zero attached hydrogens (tertiary/aromatic N) is 1. The number of fused-ring (bicyclic) bond motifs is 1. The van der Waals surface area contributed by atoms with Crippen LogP contribution in [-0.2, 0) is 17.1 Å². The quantitative estimate of drug-likeness (QED) is 0.309. The Bertz CT molecular complexity index is 959. The minimum Gasteiger partial charge on any atom is -0.656 e. The molecule has 0 spiro atoms. The van der Waals surface area contributed by atoms with E-state index >= 15 is 0 Å². The van der Waals surface area contributed by atoms with Crippen LogP contribution in [0.5, 0.6) is 0 Å². The van der Waals surface area contributed by atoms with Gasteiger partial charge in [0.15, 0.2) is 0 Å². The summed E-state index contributed by atoms with van der Waals surface area (Å²) < 4.78 is 0. The molecule has 0 fully saturated rings. The molecule has 1 aliphatic heterocycles. The maximum Gasteiger partial charge on any atom is 2.00 e. The Kier molecular flexibility index (Phi) is 6.38. The summed E-state index contributed by atoms with van der Waals surface area (Å²) in [6, 6.07) is 26.8. The van der Waals surface area contributed by atoms with Gasteiger partial charge in [-0.3, -0.25) is 0 Å². The van der Waals surface area contributed by atoms with Crippen LogP contribution in [-0.4, -0.2) is 0 Å². The first-order valence-corrected chi connectivity index (χ1v) is 8.76. The fourth-order valence-electron chi connectivity index (χ4n) is 3.02. The van der Waals surface area contributed by atoms with Gasteiger partial charge in [-0.2, -0.15) is 18.2 Å². The van der Waals surface area contributed by atoms with Crippen LogP contribution in [0.4, 0.5) is 5.69 Å². The summed E-state index contributed by atoms with van der Waals surface area (Å²) in [5.74, 6) is 0. The monoisotopic (exact) mass is 389 g/mol. The zero-order valence-electron chi connectivity index (χ0n) is 14.8. The summed E-state index contributed by atoms with van der Waals surface area (Å²) in [6.07, 6.45) is 12.5. The van der Waals surface area contributed by atoms with Crippen LogP contribution in [0.15, 0.2) is 121 Å². The van der Waals surface area contributed by atoms with Gasteiger partial charge in [0, 0.05) is 0 Å². The van der Waals surface area contributed by atoms with Gasteiger partial charge in [-0.05, 0) is 22.3 Å². The van der Waals surface area contributed by atoms with Crippen molar-refractivity contribution >= 4 is 11.8 Å². The van der Waals surface area contributed by atoms with Crippen molar-refractivity contribution in [3.8, 4) is 11.1 Å². The number of benzene rings is 2. The third-order valence-corrected chi connectivity index (χ3v) is 4.32. The second-order valence-electron chi connectivity index (χ2n) is 6.08. The van der Waals surface area contributed by atoms with Gasteiger partial charge in [0.25, 0.3) is 0 Å². The van der Waals surface area contributed by atoms with Gasteiger partial charge in [-0.25, -0.2) is 12.1 Å². The molecule has 0 amide bonds. The van der Waals surface area contributed by atoms with Gasteiger partial charge in [0.05, 0.1) is 0 Å². The average molecular weight is 389 g/mol. The van der Waals surface area contributed by atoms with E-state index in [0.29, 0.717) is 0 Å². The molecule has 0 radical (unpaired) electrons. The molecule has 2 aliphatic rings. The zero-order valence-corrected chi connectivity index (χ0v) is 15.9. The third kappa shape index (κ3) is 4.43.